The molecule has 5 nitrogen and oxygen atoms in total. The number of benzene rings is 1. The van der Waals surface area contributed by atoms with E-state index < -0.39 is 18.0 Å². The molecular formula is C13H15ClN2O3. The quantitative estimate of drug-likeness (QED) is 0.794. The molecule has 2 amide bonds. The highest BCUT2D eigenvalue weighted by molar-refractivity contribution is 6.33. The minimum absolute atomic E-state index is 0.0376. The summed E-state index contributed by atoms with van der Waals surface area (Å²) in [5, 5.41) is 14.5. The van der Waals surface area contributed by atoms with Gasteiger partial charge in [-0.3, -0.25) is 0 Å². The van der Waals surface area contributed by atoms with Gasteiger partial charge in [-0.2, -0.15) is 0 Å². The smallest absolute Gasteiger partial charge is 0.326 e. The number of hydrogen-bond acceptors (Lipinski definition) is 2. The molecule has 1 atom stereocenters. The van der Waals surface area contributed by atoms with Gasteiger partial charge in [0, 0.05) is 0 Å². The van der Waals surface area contributed by atoms with Crippen molar-refractivity contribution >= 4 is 29.3 Å². The molecule has 19 heavy (non-hydrogen) atoms. The Morgan fingerprint density at radius 2 is 2.11 bits per heavy atom. The predicted octanol–water partition coefficient (Wildman–Crippen LogP) is 2.63. The second-order valence-corrected chi connectivity index (χ2v) is 5.09. The lowest BCUT2D eigenvalue weighted by atomic mass is 10.2. The first kappa shape index (κ1) is 13.7. The molecule has 1 unspecified atom stereocenters. The van der Waals surface area contributed by atoms with Gasteiger partial charge in [0.05, 0.1) is 10.7 Å². The van der Waals surface area contributed by atoms with Gasteiger partial charge in [-0.15, -0.1) is 0 Å². The average Bonchev–Trinajstić information content (AvgIpc) is 3.15. The molecule has 0 heterocycles. The average molecular weight is 283 g/mol. The van der Waals surface area contributed by atoms with Gasteiger partial charge in [-0.25, -0.2) is 9.59 Å². The van der Waals surface area contributed by atoms with Crippen molar-refractivity contribution in [2.75, 3.05) is 5.32 Å². The molecule has 102 valence electrons. The first-order valence-electron chi connectivity index (χ1n) is 6.04. The number of carbonyl (C=O) groups excluding carboxylic acids is 1. The largest absolute Gasteiger partial charge is 0.480 e. The number of amides is 2. The van der Waals surface area contributed by atoms with E-state index in [2.05, 4.69) is 10.6 Å². The number of para-hydroxylation sites is 1. The first-order valence-corrected chi connectivity index (χ1v) is 6.42. The maximum absolute atomic E-state index is 11.8. The summed E-state index contributed by atoms with van der Waals surface area (Å²) in [5.74, 6) is -0.968. The molecule has 1 fully saturated rings. The van der Waals surface area contributed by atoms with E-state index in [9.17, 15) is 9.59 Å². The summed E-state index contributed by atoms with van der Waals surface area (Å²) in [6, 6.07) is 3.89. The molecule has 6 heteroatoms. The molecular weight excluding hydrogens is 268 g/mol. The summed E-state index contributed by atoms with van der Waals surface area (Å²) in [5.41, 5.74) is 1.32. The Balaban J connectivity index is 2.02. The van der Waals surface area contributed by atoms with Gasteiger partial charge >= 0.3 is 12.0 Å². The molecule has 3 N–H and O–H groups in total. The summed E-state index contributed by atoms with van der Waals surface area (Å²) < 4.78 is 0. The molecule has 0 bridgehead atoms. The summed E-state index contributed by atoms with van der Waals surface area (Å²) >= 11 is 5.99. The van der Waals surface area contributed by atoms with Crippen LogP contribution in [0.4, 0.5) is 10.5 Å². The van der Waals surface area contributed by atoms with Gasteiger partial charge in [0.2, 0.25) is 0 Å². The van der Waals surface area contributed by atoms with Crippen LogP contribution in [0.3, 0.4) is 0 Å². The van der Waals surface area contributed by atoms with E-state index in [1.165, 1.54) is 0 Å². The molecule has 0 spiro atoms. The minimum atomic E-state index is -1.01. The number of carboxylic acid groups (broad SMARTS) is 1. The first-order chi connectivity index (χ1) is 8.99. The number of anilines is 1. The van der Waals surface area contributed by atoms with Crippen LogP contribution < -0.4 is 10.6 Å². The number of carbonyl (C=O) groups is 2. The predicted molar refractivity (Wildman–Crippen MR) is 72.5 cm³/mol. The SMILES string of the molecule is Cc1cccc(Cl)c1NC(=O)NC(C(=O)O)C1CC1. The van der Waals surface area contributed by atoms with Crippen LogP contribution in [0.25, 0.3) is 0 Å². The zero-order valence-corrected chi connectivity index (χ0v) is 11.2. The molecule has 1 saturated carbocycles. The van der Waals surface area contributed by atoms with E-state index >= 15 is 0 Å². The van der Waals surface area contributed by atoms with E-state index in [0.717, 1.165) is 18.4 Å². The van der Waals surface area contributed by atoms with Gasteiger partial charge in [-0.05, 0) is 37.3 Å². The monoisotopic (exact) mass is 282 g/mol. The van der Waals surface area contributed by atoms with Gasteiger partial charge < -0.3 is 15.7 Å². The number of halogens is 1. The second-order valence-electron chi connectivity index (χ2n) is 4.68. The lowest BCUT2D eigenvalue weighted by molar-refractivity contribution is -0.139. The van der Waals surface area contributed by atoms with Crippen LogP contribution in [0.1, 0.15) is 18.4 Å². The molecule has 1 aliphatic carbocycles. The Labute approximate surface area is 116 Å². The number of aliphatic carboxylic acids is 1. The third-order valence-electron chi connectivity index (χ3n) is 3.11. The van der Waals surface area contributed by atoms with Crippen molar-refractivity contribution in [3.63, 3.8) is 0 Å². The van der Waals surface area contributed by atoms with Gasteiger partial charge in [0.1, 0.15) is 6.04 Å². The van der Waals surface area contributed by atoms with Crippen LogP contribution in [0.5, 0.6) is 0 Å². The summed E-state index contributed by atoms with van der Waals surface area (Å²) in [6.07, 6.45) is 1.67. The maximum atomic E-state index is 11.8. The topological polar surface area (TPSA) is 78.4 Å². The molecule has 1 aromatic rings. The van der Waals surface area contributed by atoms with Crippen molar-refractivity contribution in [1.82, 2.24) is 5.32 Å². The van der Waals surface area contributed by atoms with E-state index in [-0.39, 0.29) is 5.92 Å². The minimum Gasteiger partial charge on any atom is -0.480 e. The summed E-state index contributed by atoms with van der Waals surface area (Å²) in [6.45, 7) is 1.82. The van der Waals surface area contributed by atoms with Crippen molar-refractivity contribution in [3.8, 4) is 0 Å². The van der Waals surface area contributed by atoms with E-state index in [0.29, 0.717) is 10.7 Å². The van der Waals surface area contributed by atoms with Crippen LogP contribution >= 0.6 is 11.6 Å². The van der Waals surface area contributed by atoms with Crippen molar-refractivity contribution in [2.24, 2.45) is 5.92 Å². The van der Waals surface area contributed by atoms with Crippen LogP contribution in [-0.2, 0) is 4.79 Å². The fourth-order valence-electron chi connectivity index (χ4n) is 1.89. The fourth-order valence-corrected chi connectivity index (χ4v) is 2.16. The molecule has 0 saturated heterocycles. The number of urea groups is 1. The Morgan fingerprint density at radius 1 is 1.42 bits per heavy atom. The van der Waals surface area contributed by atoms with Gasteiger partial charge in [0.15, 0.2) is 0 Å². The zero-order chi connectivity index (χ0) is 14.0. The molecule has 0 radical (unpaired) electrons. The van der Waals surface area contributed by atoms with Crippen molar-refractivity contribution in [2.45, 2.75) is 25.8 Å². The van der Waals surface area contributed by atoms with Crippen LogP contribution in [-0.4, -0.2) is 23.1 Å². The number of aryl methyl sites for hydroxylation is 1. The maximum Gasteiger partial charge on any atom is 0.326 e. The zero-order valence-electron chi connectivity index (χ0n) is 10.4. The highest BCUT2D eigenvalue weighted by Crippen LogP contribution is 2.33. The molecule has 1 aliphatic rings. The fraction of sp³-hybridized carbons (Fsp3) is 0.385. The third kappa shape index (κ3) is 3.38. The lowest BCUT2D eigenvalue weighted by Crippen LogP contribution is -2.44. The van der Waals surface area contributed by atoms with E-state index in [1.807, 2.05) is 13.0 Å². The Hall–Kier alpha value is -1.75. The van der Waals surface area contributed by atoms with E-state index in [4.69, 9.17) is 16.7 Å². The Kier molecular flexibility index (Phi) is 3.95. The number of carboxylic acids is 1. The number of hydrogen-bond donors (Lipinski definition) is 3. The lowest BCUT2D eigenvalue weighted by Gasteiger charge is -2.16. The van der Waals surface area contributed by atoms with Crippen molar-refractivity contribution < 1.29 is 14.7 Å². The molecule has 0 aliphatic heterocycles. The highest BCUT2D eigenvalue weighted by atomic mass is 35.5. The number of nitrogens with one attached hydrogen (secondary N) is 2. The third-order valence-corrected chi connectivity index (χ3v) is 3.42. The highest BCUT2D eigenvalue weighted by Gasteiger charge is 2.37. The summed E-state index contributed by atoms with van der Waals surface area (Å²) in [7, 11) is 0. The van der Waals surface area contributed by atoms with Crippen LogP contribution in [0.15, 0.2) is 18.2 Å². The van der Waals surface area contributed by atoms with Gasteiger partial charge in [0.25, 0.3) is 0 Å². The van der Waals surface area contributed by atoms with Crippen LogP contribution in [0, 0.1) is 12.8 Å². The number of rotatable bonds is 4. The van der Waals surface area contributed by atoms with Gasteiger partial charge in [-0.1, -0.05) is 23.7 Å². The normalized spacial score (nSPS) is 15.7. The Bertz CT molecular complexity index is 494. The van der Waals surface area contributed by atoms with Crippen LogP contribution in [0.2, 0.25) is 5.02 Å². The molecule has 0 aromatic heterocycles. The van der Waals surface area contributed by atoms with Crippen molar-refractivity contribution in [1.29, 1.82) is 0 Å². The molecule has 2 rings (SSSR count). The molecule has 1 aromatic carbocycles. The Morgan fingerprint density at radius 3 is 2.63 bits per heavy atom. The van der Waals surface area contributed by atoms with Crippen molar-refractivity contribution in [3.05, 3.63) is 28.8 Å². The summed E-state index contributed by atoms with van der Waals surface area (Å²) in [4.78, 5) is 22.9. The van der Waals surface area contributed by atoms with E-state index in [1.54, 1.807) is 12.1 Å². The second kappa shape index (κ2) is 5.48. The standard InChI is InChI=1S/C13H15ClN2O3/c1-7-3-2-4-9(14)10(7)15-13(19)16-11(12(17)18)8-5-6-8/h2-4,8,11H,5-6H2,1H3,(H,17,18)(H2,15,16,19).